The fraction of sp³-hybridized carbons (Fsp3) is 0.345. The van der Waals surface area contributed by atoms with E-state index in [1.54, 1.807) is 6.20 Å². The topological polar surface area (TPSA) is 240 Å². The van der Waals surface area contributed by atoms with Gasteiger partial charge in [-0.15, -0.1) is 0 Å². The molecule has 15 nitrogen and oxygen atoms in total. The van der Waals surface area contributed by atoms with E-state index < -0.39 is 5.97 Å². The van der Waals surface area contributed by atoms with Crippen molar-refractivity contribution in [2.45, 2.75) is 60.4 Å². The summed E-state index contributed by atoms with van der Waals surface area (Å²) in [5.74, 6) is 0.551. The lowest BCUT2D eigenvalue weighted by Crippen LogP contribution is -2.25. The van der Waals surface area contributed by atoms with Gasteiger partial charge >= 0.3 is 5.97 Å². The van der Waals surface area contributed by atoms with Gasteiger partial charge in [-0.1, -0.05) is 28.2 Å². The molecule has 0 unspecified atom stereocenters. The molecule has 5 rings (SSSR count). The average molecular weight is 605 g/mol. The van der Waals surface area contributed by atoms with E-state index in [0.29, 0.717) is 17.9 Å². The summed E-state index contributed by atoms with van der Waals surface area (Å²) >= 11 is 0. The number of aromatic nitrogens is 8. The van der Waals surface area contributed by atoms with Gasteiger partial charge in [0, 0.05) is 25.7 Å². The van der Waals surface area contributed by atoms with Crippen LogP contribution in [0.15, 0.2) is 43.1 Å². The van der Waals surface area contributed by atoms with E-state index in [9.17, 15) is 9.59 Å². The summed E-state index contributed by atoms with van der Waals surface area (Å²) in [7, 11) is 0. The highest BCUT2D eigenvalue weighted by Crippen LogP contribution is 2.28. The molecule has 1 amide bonds. The Labute approximate surface area is 255 Å². The minimum atomic E-state index is -1.10. The van der Waals surface area contributed by atoms with Gasteiger partial charge in [0.1, 0.15) is 39.7 Å². The number of fused-ring (bicyclic) bond motifs is 3. The fourth-order valence-electron chi connectivity index (χ4n) is 4.13. The molecule has 0 aliphatic carbocycles. The van der Waals surface area contributed by atoms with Crippen molar-refractivity contribution >= 4 is 51.4 Å². The summed E-state index contributed by atoms with van der Waals surface area (Å²) in [5.41, 5.74) is 20.3. The van der Waals surface area contributed by atoms with Crippen LogP contribution in [0.4, 0.5) is 17.5 Å². The summed E-state index contributed by atoms with van der Waals surface area (Å²) in [6.45, 7) is 3.45. The summed E-state index contributed by atoms with van der Waals surface area (Å²) in [4.78, 5) is 51.1. The number of carbonyl (C=O) groups excluding carboxylic acids is 1. The van der Waals surface area contributed by atoms with E-state index in [1.165, 1.54) is 18.6 Å². The SMILES string of the molecule is C.C.CCCCc1nc2c(N)nc3cccnc3c2n1CCCCNC(=O)c1cnc(N)cn1.Nc1cnc(C(=O)O)cn1. The minimum Gasteiger partial charge on any atom is -0.476 e. The molecule has 5 aromatic rings. The van der Waals surface area contributed by atoms with Gasteiger partial charge in [0.05, 0.1) is 30.3 Å². The second-order valence-electron chi connectivity index (χ2n) is 9.27. The third kappa shape index (κ3) is 8.53. The number of imidazole rings is 1. The Kier molecular flexibility index (Phi) is 12.8. The van der Waals surface area contributed by atoms with Crippen LogP contribution in [0.3, 0.4) is 0 Å². The van der Waals surface area contributed by atoms with Gasteiger partial charge in [-0.25, -0.2) is 34.7 Å². The average Bonchev–Trinajstić information content (AvgIpc) is 3.36. The van der Waals surface area contributed by atoms with Crippen LogP contribution in [0.1, 0.15) is 74.3 Å². The van der Waals surface area contributed by atoms with Gasteiger partial charge in [-0.05, 0) is 31.4 Å². The summed E-state index contributed by atoms with van der Waals surface area (Å²) in [5, 5.41) is 11.2. The van der Waals surface area contributed by atoms with Crippen LogP contribution >= 0.6 is 0 Å². The normalized spacial score (nSPS) is 10.3. The Morgan fingerprint density at radius 3 is 2.16 bits per heavy atom. The van der Waals surface area contributed by atoms with Gasteiger partial charge in [0.25, 0.3) is 5.91 Å². The van der Waals surface area contributed by atoms with Crippen molar-refractivity contribution < 1.29 is 14.7 Å². The number of nitrogens with two attached hydrogens (primary N) is 3. The molecular formula is C29H40N12O3. The van der Waals surface area contributed by atoms with Crippen molar-refractivity contribution in [2.75, 3.05) is 23.7 Å². The summed E-state index contributed by atoms with van der Waals surface area (Å²) in [6, 6.07) is 3.77. The van der Waals surface area contributed by atoms with Crippen molar-refractivity contribution in [1.82, 2.24) is 44.8 Å². The first-order chi connectivity index (χ1) is 20.3. The van der Waals surface area contributed by atoms with Crippen molar-refractivity contribution in [3.05, 3.63) is 60.3 Å². The number of nitrogens with zero attached hydrogens (tertiary/aromatic N) is 8. The van der Waals surface area contributed by atoms with Crippen LogP contribution in [0.25, 0.3) is 22.1 Å². The number of carbonyl (C=O) groups is 2. The van der Waals surface area contributed by atoms with E-state index in [2.05, 4.69) is 46.7 Å². The number of unbranched alkanes of at least 4 members (excludes halogenated alkanes) is 2. The highest BCUT2D eigenvalue weighted by atomic mass is 16.4. The van der Waals surface area contributed by atoms with Crippen molar-refractivity contribution in [1.29, 1.82) is 0 Å². The molecule has 0 fully saturated rings. The molecule has 0 saturated heterocycles. The predicted molar refractivity (Wildman–Crippen MR) is 171 cm³/mol. The molecule has 44 heavy (non-hydrogen) atoms. The number of rotatable bonds is 10. The maximum atomic E-state index is 12.2. The number of amides is 1. The smallest absolute Gasteiger partial charge is 0.356 e. The zero-order chi connectivity index (χ0) is 30.1. The molecule has 0 saturated carbocycles. The Bertz CT molecular complexity index is 1670. The van der Waals surface area contributed by atoms with E-state index in [0.717, 1.165) is 67.2 Å². The van der Waals surface area contributed by atoms with Crippen LogP contribution in [0.5, 0.6) is 0 Å². The van der Waals surface area contributed by atoms with E-state index in [-0.39, 0.29) is 43.8 Å². The number of nitrogen functional groups attached to an aromatic ring is 3. The molecule has 234 valence electrons. The molecule has 15 heteroatoms. The zero-order valence-electron chi connectivity index (χ0n) is 23.1. The number of pyridine rings is 2. The van der Waals surface area contributed by atoms with E-state index in [4.69, 9.17) is 27.3 Å². The second kappa shape index (κ2) is 16.2. The maximum Gasteiger partial charge on any atom is 0.356 e. The molecule has 8 N–H and O–H groups in total. The number of nitrogens with one attached hydrogen (secondary N) is 1. The molecule has 0 aliphatic heterocycles. The van der Waals surface area contributed by atoms with Gasteiger partial charge in [-0.3, -0.25) is 9.78 Å². The monoisotopic (exact) mass is 604 g/mol. The first kappa shape index (κ1) is 34.7. The summed E-state index contributed by atoms with van der Waals surface area (Å²) in [6.07, 6.45) is 11.5. The Hall–Kier alpha value is -5.47. The van der Waals surface area contributed by atoms with Crippen LogP contribution in [-0.4, -0.2) is 63.0 Å². The third-order valence-corrected chi connectivity index (χ3v) is 6.18. The molecule has 0 radical (unpaired) electrons. The van der Waals surface area contributed by atoms with Gasteiger partial charge in [0.2, 0.25) is 0 Å². The van der Waals surface area contributed by atoms with Gasteiger partial charge in [-0.2, -0.15) is 0 Å². The molecule has 0 aliphatic rings. The van der Waals surface area contributed by atoms with E-state index >= 15 is 0 Å². The second-order valence-corrected chi connectivity index (χ2v) is 9.27. The lowest BCUT2D eigenvalue weighted by molar-refractivity contribution is 0.0689. The molecule has 0 spiro atoms. The van der Waals surface area contributed by atoms with Gasteiger partial charge in [0.15, 0.2) is 11.5 Å². The largest absolute Gasteiger partial charge is 0.476 e. The molecule has 0 bridgehead atoms. The van der Waals surface area contributed by atoms with Crippen LogP contribution in [-0.2, 0) is 13.0 Å². The molecule has 0 aromatic carbocycles. The highest BCUT2D eigenvalue weighted by Gasteiger charge is 2.17. The number of hydrogen-bond acceptors (Lipinski definition) is 12. The number of aromatic carboxylic acids is 1. The zero-order valence-corrected chi connectivity index (χ0v) is 23.1. The van der Waals surface area contributed by atoms with Crippen molar-refractivity contribution in [2.24, 2.45) is 0 Å². The first-order valence-corrected chi connectivity index (χ1v) is 13.3. The predicted octanol–water partition coefficient (Wildman–Crippen LogP) is 3.52. The maximum absolute atomic E-state index is 12.2. The Morgan fingerprint density at radius 1 is 0.864 bits per heavy atom. The number of hydrogen-bond donors (Lipinski definition) is 5. The van der Waals surface area contributed by atoms with Crippen LogP contribution < -0.4 is 22.5 Å². The van der Waals surface area contributed by atoms with Crippen molar-refractivity contribution in [3.63, 3.8) is 0 Å². The first-order valence-electron chi connectivity index (χ1n) is 13.3. The molecule has 0 atom stereocenters. The minimum absolute atomic E-state index is 0. The molecule has 5 aromatic heterocycles. The molecule has 5 heterocycles. The lowest BCUT2D eigenvalue weighted by Gasteiger charge is -2.11. The number of anilines is 3. The lowest BCUT2D eigenvalue weighted by atomic mass is 10.2. The standard InChI is InChI=1S/C22H27N9O.C5H5N3O2.2CH4/c1-2-3-8-17-30-19-20(18-14(29-21(19)24)7-6-10-25-18)31(17)11-5-4-9-26-22(32)15-12-28-16(23)13-27-15;6-4-2-7-3(1-8-4)5(9)10;;/h6-7,10,12-13H,2-5,8-9,11H2,1H3,(H2,23,28)(H2,24,29)(H,26,32);1-2H,(H2,6,8)(H,9,10);2*1H4. The van der Waals surface area contributed by atoms with Crippen LogP contribution in [0.2, 0.25) is 0 Å². The third-order valence-electron chi connectivity index (χ3n) is 6.18. The Balaban J connectivity index is 0.000000482. The number of aryl methyl sites for hydroxylation is 2. The summed E-state index contributed by atoms with van der Waals surface area (Å²) < 4.78 is 2.21. The number of carboxylic acid groups (broad SMARTS) is 1. The van der Waals surface area contributed by atoms with Crippen molar-refractivity contribution in [3.8, 4) is 0 Å². The fourth-order valence-corrected chi connectivity index (χ4v) is 4.13. The van der Waals surface area contributed by atoms with Gasteiger partial charge < -0.3 is 32.2 Å². The quantitative estimate of drug-likeness (QED) is 0.143. The number of carboxylic acids is 1. The molecular weight excluding hydrogens is 564 g/mol. The van der Waals surface area contributed by atoms with Crippen LogP contribution in [0, 0.1) is 0 Å². The van der Waals surface area contributed by atoms with E-state index in [1.807, 2.05) is 12.1 Å². The Morgan fingerprint density at radius 2 is 1.55 bits per heavy atom. The highest BCUT2D eigenvalue weighted by molar-refractivity contribution is 6.04.